The lowest BCUT2D eigenvalue weighted by Crippen LogP contribution is -2.85. The zero-order valence-corrected chi connectivity index (χ0v) is 23.4. The highest BCUT2D eigenvalue weighted by atomic mass is 16.7. The van der Waals surface area contributed by atoms with Gasteiger partial charge in [-0.1, -0.05) is 40.2 Å². The fourth-order valence-electron chi connectivity index (χ4n) is 10.6. The average molecular weight is 508 g/mol. The number of phenols is 1. The Morgan fingerprint density at radius 1 is 1.11 bits per heavy atom. The van der Waals surface area contributed by atoms with E-state index in [2.05, 4.69) is 45.6 Å². The molecule has 3 heterocycles. The van der Waals surface area contributed by atoms with Gasteiger partial charge in [0, 0.05) is 34.9 Å². The Bertz CT molecular complexity index is 1160. The molecule has 5 heteroatoms. The van der Waals surface area contributed by atoms with E-state index in [0.717, 1.165) is 56.7 Å². The largest absolute Gasteiger partial charge is 0.504 e. The summed E-state index contributed by atoms with van der Waals surface area (Å²) in [6, 6.07) is 4.64. The molecule has 9 rings (SSSR count). The van der Waals surface area contributed by atoms with Crippen molar-refractivity contribution < 1.29 is 19.3 Å². The van der Waals surface area contributed by atoms with Gasteiger partial charge in [0.25, 0.3) is 0 Å². The first-order valence-electron chi connectivity index (χ1n) is 15.2. The van der Waals surface area contributed by atoms with Crippen molar-refractivity contribution in [1.82, 2.24) is 4.90 Å². The Hall–Kier alpha value is -1.30. The predicted octanol–water partition coefficient (Wildman–Crippen LogP) is 5.95. The molecule has 1 unspecified atom stereocenters. The lowest BCUT2D eigenvalue weighted by atomic mass is 9.33. The number of hydrogen-bond donors (Lipinski definition) is 1. The van der Waals surface area contributed by atoms with Crippen LogP contribution in [0.4, 0.5) is 0 Å². The summed E-state index contributed by atoms with van der Waals surface area (Å²) in [4.78, 5) is 2.89. The van der Waals surface area contributed by atoms with E-state index in [0.29, 0.717) is 11.8 Å². The van der Waals surface area contributed by atoms with Gasteiger partial charge in [-0.25, -0.2) is 0 Å². The highest BCUT2D eigenvalue weighted by Crippen LogP contribution is 2.79. The van der Waals surface area contributed by atoms with Crippen LogP contribution in [0.1, 0.15) is 97.1 Å². The van der Waals surface area contributed by atoms with Crippen LogP contribution in [-0.2, 0) is 21.3 Å². The van der Waals surface area contributed by atoms with Gasteiger partial charge in [0.1, 0.15) is 11.7 Å². The quantitative estimate of drug-likeness (QED) is 0.546. The second-order valence-corrected chi connectivity index (χ2v) is 15.0. The van der Waals surface area contributed by atoms with Gasteiger partial charge in [0.05, 0.1) is 5.60 Å². The van der Waals surface area contributed by atoms with E-state index >= 15 is 0 Å². The molecule has 6 fully saturated rings. The van der Waals surface area contributed by atoms with Crippen molar-refractivity contribution in [2.24, 2.45) is 22.7 Å². The summed E-state index contributed by atoms with van der Waals surface area (Å²) in [6.45, 7) is 14.1. The Morgan fingerprint density at radius 3 is 2.65 bits per heavy atom. The third kappa shape index (κ3) is 2.59. The first-order valence-corrected chi connectivity index (χ1v) is 15.2. The molecule has 0 radical (unpaired) electrons. The van der Waals surface area contributed by atoms with E-state index in [-0.39, 0.29) is 45.8 Å². The van der Waals surface area contributed by atoms with Gasteiger partial charge in [-0.15, -0.1) is 0 Å². The van der Waals surface area contributed by atoms with Gasteiger partial charge in [0.2, 0.25) is 0 Å². The van der Waals surface area contributed by atoms with E-state index in [1.54, 1.807) is 0 Å². The minimum absolute atomic E-state index is 0.0298. The molecule has 1 aromatic carbocycles. The third-order valence-electron chi connectivity index (χ3n) is 12.7. The zero-order valence-electron chi connectivity index (χ0n) is 23.4. The van der Waals surface area contributed by atoms with E-state index in [1.807, 2.05) is 6.07 Å². The monoisotopic (exact) mass is 507 g/mol. The molecule has 4 bridgehead atoms. The molecular weight excluding hydrogens is 462 g/mol. The molecule has 0 aromatic heterocycles. The van der Waals surface area contributed by atoms with E-state index in [1.165, 1.54) is 36.9 Å². The second kappa shape index (κ2) is 7.06. The Balaban J connectivity index is 1.36. The summed E-state index contributed by atoms with van der Waals surface area (Å²) in [5, 5.41) is 11.1. The van der Waals surface area contributed by atoms with Crippen LogP contribution in [0, 0.1) is 22.7 Å². The summed E-state index contributed by atoms with van der Waals surface area (Å²) >= 11 is 0. The number of benzene rings is 1. The summed E-state index contributed by atoms with van der Waals surface area (Å²) in [5.41, 5.74) is 2.13. The van der Waals surface area contributed by atoms with Gasteiger partial charge in [0.15, 0.2) is 17.8 Å². The fraction of sp³-hybridized carbons (Fsp3) is 0.812. The molecule has 37 heavy (non-hydrogen) atoms. The van der Waals surface area contributed by atoms with Crippen LogP contribution in [0.3, 0.4) is 0 Å². The third-order valence-corrected chi connectivity index (χ3v) is 12.7. The number of aromatic hydroxyl groups is 1. The number of hydrogen-bond acceptors (Lipinski definition) is 5. The van der Waals surface area contributed by atoms with Gasteiger partial charge in [-0.3, -0.25) is 4.90 Å². The minimum Gasteiger partial charge on any atom is -0.504 e. The molecule has 5 aliphatic carbocycles. The molecule has 1 N–H and O–H groups in total. The molecule has 202 valence electrons. The Morgan fingerprint density at radius 2 is 1.92 bits per heavy atom. The molecule has 8 atom stereocenters. The lowest BCUT2D eigenvalue weighted by molar-refractivity contribution is -0.420. The smallest absolute Gasteiger partial charge is 0.165 e. The van der Waals surface area contributed by atoms with Crippen molar-refractivity contribution in [3.05, 3.63) is 23.3 Å². The average Bonchev–Trinajstić information content (AvgIpc) is 3.58. The molecular formula is C32H45NO4. The standard InChI is InChI=1S/C32H45NO4/c1-6-7-24-36-29(5,28(2,3)4)22-17-30-12-13-32(22,37-24)27-31(30)14-15-33(18-19-8-9-19)23(30)16-20-10-11-21(34)26(35-27)25(20)31/h10-11,19,22-24,27,34H,6-9,12-18H2,1-5H3/t22-,23-,24?,27-,29+,30-,31+,32-/m1/s1. The summed E-state index contributed by atoms with van der Waals surface area (Å²) in [5.74, 6) is 2.25. The number of piperidine rings is 1. The van der Waals surface area contributed by atoms with Gasteiger partial charge < -0.3 is 19.3 Å². The second-order valence-electron chi connectivity index (χ2n) is 15.0. The number of nitrogens with zero attached hydrogens (tertiary/aromatic N) is 1. The molecule has 4 saturated carbocycles. The van der Waals surface area contributed by atoms with E-state index < -0.39 is 0 Å². The maximum atomic E-state index is 11.1. The number of phenolic OH excluding ortho intramolecular Hbond substituents is 1. The van der Waals surface area contributed by atoms with Crippen LogP contribution in [0.15, 0.2) is 12.1 Å². The van der Waals surface area contributed by atoms with Gasteiger partial charge >= 0.3 is 0 Å². The van der Waals surface area contributed by atoms with Crippen molar-refractivity contribution >= 4 is 0 Å². The van der Waals surface area contributed by atoms with E-state index in [4.69, 9.17) is 14.2 Å². The Kier molecular flexibility index (Phi) is 4.50. The molecule has 0 amide bonds. The van der Waals surface area contributed by atoms with Gasteiger partial charge in [-0.2, -0.15) is 0 Å². The normalized spacial score (nSPS) is 47.4. The van der Waals surface area contributed by atoms with Crippen LogP contribution in [0.5, 0.6) is 11.5 Å². The molecule has 8 aliphatic rings. The minimum atomic E-state index is -0.384. The number of rotatable bonds is 4. The summed E-state index contributed by atoms with van der Waals surface area (Å²) < 4.78 is 21.4. The molecule has 2 saturated heterocycles. The number of ether oxygens (including phenoxy) is 3. The highest BCUT2D eigenvalue weighted by Gasteiger charge is 2.84. The first-order chi connectivity index (χ1) is 17.6. The van der Waals surface area contributed by atoms with Crippen LogP contribution in [-0.4, -0.2) is 52.7 Å². The zero-order chi connectivity index (χ0) is 25.6. The maximum absolute atomic E-state index is 11.1. The fourth-order valence-corrected chi connectivity index (χ4v) is 10.6. The lowest BCUT2D eigenvalue weighted by Gasteiger charge is -2.77. The van der Waals surface area contributed by atoms with Gasteiger partial charge in [-0.05, 0) is 87.8 Å². The van der Waals surface area contributed by atoms with Crippen LogP contribution in [0.25, 0.3) is 0 Å². The van der Waals surface area contributed by atoms with Crippen LogP contribution < -0.4 is 4.74 Å². The van der Waals surface area contributed by atoms with Crippen molar-refractivity contribution in [2.75, 3.05) is 13.1 Å². The SMILES string of the molecule is CCCC1O[C@]23CC[C@@]4(C[C@@H]2[C@@](C)(C(C)(C)C)O1)[C@H]1Cc2ccc(O)c5c2[C@@]4(CCN1CC1CC1)[C@H]3O5. The van der Waals surface area contributed by atoms with Crippen molar-refractivity contribution in [3.63, 3.8) is 0 Å². The predicted molar refractivity (Wildman–Crippen MR) is 142 cm³/mol. The first kappa shape index (κ1) is 23.6. The molecule has 3 aliphatic heterocycles. The van der Waals surface area contributed by atoms with Crippen molar-refractivity contribution in [3.8, 4) is 11.5 Å². The van der Waals surface area contributed by atoms with E-state index in [9.17, 15) is 5.11 Å². The maximum Gasteiger partial charge on any atom is 0.165 e. The number of fused-ring (bicyclic) bond motifs is 1. The topological polar surface area (TPSA) is 51.2 Å². The Labute approximate surface area is 222 Å². The van der Waals surface area contributed by atoms with Crippen LogP contribution in [0.2, 0.25) is 0 Å². The highest BCUT2D eigenvalue weighted by molar-refractivity contribution is 5.63. The van der Waals surface area contributed by atoms with Crippen molar-refractivity contribution in [1.29, 1.82) is 0 Å². The number of likely N-dealkylation sites (tertiary alicyclic amines) is 1. The molecule has 1 aromatic rings. The van der Waals surface area contributed by atoms with Crippen molar-refractivity contribution in [2.45, 2.75) is 127 Å². The van der Waals surface area contributed by atoms with Crippen LogP contribution >= 0.6 is 0 Å². The molecule has 3 spiro atoms. The summed E-state index contributed by atoms with van der Waals surface area (Å²) in [6.07, 6.45) is 10.1. The summed E-state index contributed by atoms with van der Waals surface area (Å²) in [7, 11) is 0. The molecule has 5 nitrogen and oxygen atoms in total.